The lowest BCUT2D eigenvalue weighted by atomic mass is 9.99. The minimum absolute atomic E-state index is 0.0585. The maximum atomic E-state index is 13.9. The van der Waals surface area contributed by atoms with Gasteiger partial charge in [-0.15, -0.1) is 5.10 Å². The van der Waals surface area contributed by atoms with E-state index in [1.54, 1.807) is 30.5 Å². The van der Waals surface area contributed by atoms with Crippen molar-refractivity contribution in [3.63, 3.8) is 0 Å². The smallest absolute Gasteiger partial charge is 0.256 e. The van der Waals surface area contributed by atoms with E-state index < -0.39 is 17.5 Å². The number of aromatic nitrogens is 2. The summed E-state index contributed by atoms with van der Waals surface area (Å²) in [6.07, 6.45) is 1.96. The van der Waals surface area contributed by atoms with Crippen molar-refractivity contribution < 1.29 is 23.1 Å². The molecule has 0 radical (unpaired) electrons. The number of benzene rings is 2. The molecule has 0 spiro atoms. The molecule has 2 fully saturated rings. The fourth-order valence-electron chi connectivity index (χ4n) is 4.19. The van der Waals surface area contributed by atoms with E-state index in [1.165, 1.54) is 4.90 Å². The standard InChI is InChI=1S/C25H23F2N5O3/c26-17-3-8-21(22(27)12-17)25(34)31-11-9-20(15-31)35-19-6-4-18(5-7-19)29-24(33)16-13-32(14-16)23-2-1-10-28-30-23/h1-8,10,12,16,20H,9,11,13-15H2,(H,29,33)/t20-/m1/s1. The van der Waals surface area contributed by atoms with Gasteiger partial charge < -0.3 is 19.9 Å². The molecule has 35 heavy (non-hydrogen) atoms. The lowest BCUT2D eigenvalue weighted by Gasteiger charge is -2.38. The highest BCUT2D eigenvalue weighted by atomic mass is 19.1. The highest BCUT2D eigenvalue weighted by Crippen LogP contribution is 2.25. The summed E-state index contributed by atoms with van der Waals surface area (Å²) in [5, 5.41) is 10.8. The van der Waals surface area contributed by atoms with Crippen LogP contribution in [0.2, 0.25) is 0 Å². The van der Waals surface area contributed by atoms with Gasteiger partial charge in [-0.3, -0.25) is 9.59 Å². The molecule has 8 nitrogen and oxygen atoms in total. The number of nitrogens with zero attached hydrogens (tertiary/aromatic N) is 4. The first-order valence-electron chi connectivity index (χ1n) is 11.3. The second-order valence-corrected chi connectivity index (χ2v) is 8.60. The first kappa shape index (κ1) is 22.7. The third-order valence-corrected chi connectivity index (χ3v) is 6.15. The second-order valence-electron chi connectivity index (χ2n) is 8.60. The quantitative estimate of drug-likeness (QED) is 0.585. The van der Waals surface area contributed by atoms with E-state index in [2.05, 4.69) is 15.5 Å². The van der Waals surface area contributed by atoms with E-state index >= 15 is 0 Å². The molecular weight excluding hydrogens is 456 g/mol. The van der Waals surface area contributed by atoms with Crippen molar-refractivity contribution in [2.45, 2.75) is 12.5 Å². The van der Waals surface area contributed by atoms with Gasteiger partial charge in [0.15, 0.2) is 5.82 Å². The average Bonchev–Trinajstić information content (AvgIpc) is 3.28. The van der Waals surface area contributed by atoms with Crippen LogP contribution in [0.25, 0.3) is 0 Å². The van der Waals surface area contributed by atoms with Crippen LogP contribution in [0.1, 0.15) is 16.8 Å². The number of carbonyl (C=O) groups is 2. The van der Waals surface area contributed by atoms with Crippen LogP contribution < -0.4 is 15.0 Å². The van der Waals surface area contributed by atoms with E-state index in [1.807, 2.05) is 17.0 Å². The van der Waals surface area contributed by atoms with Gasteiger partial charge in [-0.2, -0.15) is 5.10 Å². The number of anilines is 2. The molecule has 0 unspecified atom stereocenters. The van der Waals surface area contributed by atoms with Crippen LogP contribution >= 0.6 is 0 Å². The Bertz CT molecular complexity index is 1220. The van der Waals surface area contributed by atoms with Crippen LogP contribution in [0, 0.1) is 17.6 Å². The van der Waals surface area contributed by atoms with Gasteiger partial charge in [-0.25, -0.2) is 8.78 Å². The largest absolute Gasteiger partial charge is 0.489 e. The molecule has 1 atom stereocenters. The predicted octanol–water partition coefficient (Wildman–Crippen LogP) is 3.12. The minimum Gasteiger partial charge on any atom is -0.489 e. The van der Waals surface area contributed by atoms with Gasteiger partial charge in [0.25, 0.3) is 5.91 Å². The molecule has 3 heterocycles. The van der Waals surface area contributed by atoms with Crippen molar-refractivity contribution in [3.05, 3.63) is 78.0 Å². The summed E-state index contributed by atoms with van der Waals surface area (Å²) in [5.41, 5.74) is 0.508. The first-order valence-corrected chi connectivity index (χ1v) is 11.3. The van der Waals surface area contributed by atoms with Crippen molar-refractivity contribution in [1.82, 2.24) is 15.1 Å². The summed E-state index contributed by atoms with van der Waals surface area (Å²) in [6, 6.07) is 13.6. The number of halogens is 2. The fourth-order valence-corrected chi connectivity index (χ4v) is 4.19. The van der Waals surface area contributed by atoms with E-state index in [4.69, 9.17) is 4.74 Å². The molecule has 2 aromatic carbocycles. The van der Waals surface area contributed by atoms with Gasteiger partial charge in [0.05, 0.1) is 18.0 Å². The monoisotopic (exact) mass is 479 g/mol. The second kappa shape index (κ2) is 9.65. The molecule has 3 aromatic rings. The zero-order chi connectivity index (χ0) is 24.4. The summed E-state index contributed by atoms with van der Waals surface area (Å²) >= 11 is 0. The maximum absolute atomic E-state index is 13.9. The van der Waals surface area contributed by atoms with Gasteiger partial charge in [-0.1, -0.05) is 0 Å². The molecule has 2 amide bonds. The Labute approximate surface area is 200 Å². The lowest BCUT2D eigenvalue weighted by Crippen LogP contribution is -2.52. The topological polar surface area (TPSA) is 87.7 Å². The number of nitrogens with one attached hydrogen (secondary N) is 1. The molecule has 0 bridgehead atoms. The number of likely N-dealkylation sites (tertiary alicyclic amines) is 1. The van der Waals surface area contributed by atoms with E-state index in [9.17, 15) is 18.4 Å². The molecule has 2 aliphatic rings. The van der Waals surface area contributed by atoms with Gasteiger partial charge in [-0.05, 0) is 48.5 Å². The Hall–Kier alpha value is -4.08. The Kier molecular flexibility index (Phi) is 6.26. The van der Waals surface area contributed by atoms with Crippen molar-refractivity contribution in [1.29, 1.82) is 0 Å². The summed E-state index contributed by atoms with van der Waals surface area (Å²) in [5.74, 6) is -0.905. The molecule has 0 saturated carbocycles. The van der Waals surface area contributed by atoms with Crippen molar-refractivity contribution in [3.8, 4) is 5.75 Å². The summed E-state index contributed by atoms with van der Waals surface area (Å²) < 4.78 is 33.0. The van der Waals surface area contributed by atoms with Crippen molar-refractivity contribution >= 4 is 23.3 Å². The number of amides is 2. The third kappa shape index (κ3) is 5.06. The molecule has 10 heteroatoms. The summed E-state index contributed by atoms with van der Waals surface area (Å²) in [6.45, 7) is 1.90. The maximum Gasteiger partial charge on any atom is 0.256 e. The van der Waals surface area contributed by atoms with Crippen LogP contribution in [-0.2, 0) is 4.79 Å². The number of rotatable bonds is 6. The Morgan fingerprint density at radius 3 is 2.54 bits per heavy atom. The Morgan fingerprint density at radius 1 is 1.03 bits per heavy atom. The third-order valence-electron chi connectivity index (χ3n) is 6.15. The van der Waals surface area contributed by atoms with Gasteiger partial charge in [0, 0.05) is 44.0 Å². The van der Waals surface area contributed by atoms with Crippen molar-refractivity contribution in [2.75, 3.05) is 36.4 Å². The molecule has 180 valence electrons. The highest BCUT2D eigenvalue weighted by Gasteiger charge is 2.34. The van der Waals surface area contributed by atoms with Crippen LogP contribution in [-0.4, -0.2) is 59.2 Å². The van der Waals surface area contributed by atoms with Crippen LogP contribution in [0.4, 0.5) is 20.3 Å². The number of hydrogen-bond donors (Lipinski definition) is 1. The highest BCUT2D eigenvalue weighted by molar-refractivity contribution is 5.95. The fraction of sp³-hybridized carbons (Fsp3) is 0.280. The Morgan fingerprint density at radius 2 is 1.83 bits per heavy atom. The summed E-state index contributed by atoms with van der Waals surface area (Å²) in [4.78, 5) is 28.6. The number of carbonyl (C=O) groups excluding carboxylic acids is 2. The number of hydrogen-bond acceptors (Lipinski definition) is 6. The van der Waals surface area contributed by atoms with E-state index in [0.29, 0.717) is 50.1 Å². The molecule has 5 rings (SSSR count). The van der Waals surface area contributed by atoms with Crippen molar-refractivity contribution in [2.24, 2.45) is 5.92 Å². The SMILES string of the molecule is O=C(Nc1ccc(O[C@@H]2CCN(C(=O)c3ccc(F)cc3F)C2)cc1)C1CN(c2cccnn2)C1. The normalized spacial score (nSPS) is 17.7. The van der Waals surface area contributed by atoms with Gasteiger partial charge in [0.1, 0.15) is 23.5 Å². The summed E-state index contributed by atoms with van der Waals surface area (Å²) in [7, 11) is 0. The molecule has 2 saturated heterocycles. The van der Waals surface area contributed by atoms with Gasteiger partial charge in [0.2, 0.25) is 5.91 Å². The van der Waals surface area contributed by atoms with Crippen LogP contribution in [0.3, 0.4) is 0 Å². The molecular formula is C25H23F2N5O3. The average molecular weight is 479 g/mol. The lowest BCUT2D eigenvalue weighted by molar-refractivity contribution is -0.120. The zero-order valence-electron chi connectivity index (χ0n) is 18.7. The molecule has 0 aliphatic carbocycles. The number of ether oxygens (including phenoxy) is 1. The molecule has 1 aromatic heterocycles. The van der Waals surface area contributed by atoms with Crippen LogP contribution in [0.5, 0.6) is 5.75 Å². The minimum atomic E-state index is -0.875. The van der Waals surface area contributed by atoms with Crippen LogP contribution in [0.15, 0.2) is 60.8 Å². The Balaban J connectivity index is 1.10. The van der Waals surface area contributed by atoms with E-state index in [0.717, 1.165) is 18.0 Å². The first-order chi connectivity index (χ1) is 17.0. The molecule has 2 aliphatic heterocycles. The zero-order valence-corrected chi connectivity index (χ0v) is 18.7. The molecule has 1 N–H and O–H groups in total. The van der Waals surface area contributed by atoms with Gasteiger partial charge >= 0.3 is 0 Å². The van der Waals surface area contributed by atoms with E-state index in [-0.39, 0.29) is 23.5 Å². The predicted molar refractivity (Wildman–Crippen MR) is 124 cm³/mol.